The third-order valence-corrected chi connectivity index (χ3v) is 5.12. The number of carbonyl (C=O) groups is 1. The molecule has 1 heterocycles. The lowest BCUT2D eigenvalue weighted by molar-refractivity contribution is 0.0955. The third kappa shape index (κ3) is 4.51. The van der Waals surface area contributed by atoms with Gasteiger partial charge < -0.3 is 9.26 Å². The molecule has 1 aromatic heterocycles. The second-order valence-corrected chi connectivity index (χ2v) is 7.40. The Hall–Kier alpha value is -2.25. The van der Waals surface area contributed by atoms with E-state index < -0.39 is 5.91 Å². The van der Waals surface area contributed by atoms with Crippen LogP contribution in [0.2, 0.25) is 20.1 Å². The van der Waals surface area contributed by atoms with Crippen molar-refractivity contribution in [2.45, 2.75) is 6.92 Å². The molecule has 0 fully saturated rings. The van der Waals surface area contributed by atoms with Crippen LogP contribution in [0.1, 0.15) is 21.7 Å². The van der Waals surface area contributed by atoms with Gasteiger partial charge in [-0.2, -0.15) is 5.10 Å². The molecule has 0 spiro atoms. The number of methoxy groups -OCH3 is 1. The van der Waals surface area contributed by atoms with E-state index in [9.17, 15) is 4.79 Å². The van der Waals surface area contributed by atoms with Crippen LogP contribution in [0.4, 0.5) is 0 Å². The van der Waals surface area contributed by atoms with Crippen LogP contribution in [0, 0.1) is 6.92 Å². The summed E-state index contributed by atoms with van der Waals surface area (Å²) in [7, 11) is 1.43. The van der Waals surface area contributed by atoms with E-state index in [-0.39, 0.29) is 21.4 Å². The zero-order valence-corrected chi connectivity index (χ0v) is 18.1. The van der Waals surface area contributed by atoms with Crippen LogP contribution < -0.4 is 10.2 Å². The number of rotatable bonds is 5. The first-order valence-corrected chi connectivity index (χ1v) is 9.61. The minimum Gasteiger partial charge on any atom is -0.494 e. The molecule has 0 radical (unpaired) electrons. The van der Waals surface area contributed by atoms with Crippen LogP contribution in [0.15, 0.2) is 40.0 Å². The van der Waals surface area contributed by atoms with Crippen molar-refractivity contribution in [1.82, 2.24) is 10.6 Å². The molecule has 0 saturated carbocycles. The first-order chi connectivity index (χ1) is 13.8. The minimum absolute atomic E-state index is 0.208. The Morgan fingerprint density at radius 3 is 2.34 bits per heavy atom. The zero-order chi connectivity index (χ0) is 21.1. The number of amides is 1. The molecular weight excluding hydrogens is 460 g/mol. The van der Waals surface area contributed by atoms with Gasteiger partial charge in [-0.15, -0.1) is 0 Å². The van der Waals surface area contributed by atoms with Gasteiger partial charge in [0, 0.05) is 11.1 Å². The standard InChI is InChI=1S/C19H13Cl4N3O3/c1-9-11(17(26-29-9)16-12(20)4-3-5-13(16)21)8-24-25-19(27)10-6-14(22)18(28-2)15(23)7-10/h3-8H,1-2H3,(H,25,27)/b24-8+. The maximum atomic E-state index is 12.4. The van der Waals surface area contributed by atoms with Crippen molar-refractivity contribution in [3.05, 3.63) is 67.3 Å². The molecule has 0 saturated heterocycles. The molecule has 0 aliphatic carbocycles. The highest BCUT2D eigenvalue weighted by Crippen LogP contribution is 2.36. The quantitative estimate of drug-likeness (QED) is 0.363. The molecule has 2 aromatic carbocycles. The number of ether oxygens (including phenoxy) is 1. The Morgan fingerprint density at radius 1 is 1.14 bits per heavy atom. The summed E-state index contributed by atoms with van der Waals surface area (Å²) in [4.78, 5) is 12.4. The molecule has 0 aliphatic heterocycles. The summed E-state index contributed by atoms with van der Waals surface area (Å²) in [6.07, 6.45) is 1.39. The summed E-state index contributed by atoms with van der Waals surface area (Å²) in [5, 5.41) is 9.21. The lowest BCUT2D eigenvalue weighted by atomic mass is 10.1. The average molecular weight is 473 g/mol. The summed E-state index contributed by atoms with van der Waals surface area (Å²) in [5.74, 6) is 0.249. The van der Waals surface area contributed by atoms with Crippen LogP contribution >= 0.6 is 46.4 Å². The van der Waals surface area contributed by atoms with Gasteiger partial charge in [-0.25, -0.2) is 5.43 Å². The van der Waals surface area contributed by atoms with Crippen molar-refractivity contribution in [1.29, 1.82) is 0 Å². The molecule has 0 aliphatic rings. The van der Waals surface area contributed by atoms with E-state index in [1.807, 2.05) is 0 Å². The molecule has 150 valence electrons. The fraction of sp³-hybridized carbons (Fsp3) is 0.105. The number of halogens is 4. The summed E-state index contributed by atoms with van der Waals surface area (Å²) in [6, 6.07) is 7.95. The van der Waals surface area contributed by atoms with Gasteiger partial charge in [0.1, 0.15) is 11.5 Å². The number of carbonyl (C=O) groups excluding carboxylic acids is 1. The number of hydrogen-bond acceptors (Lipinski definition) is 5. The lowest BCUT2D eigenvalue weighted by Crippen LogP contribution is -2.17. The number of aryl methyl sites for hydroxylation is 1. The lowest BCUT2D eigenvalue weighted by Gasteiger charge is -2.07. The molecule has 1 amide bonds. The molecule has 0 bridgehead atoms. The maximum absolute atomic E-state index is 12.4. The normalized spacial score (nSPS) is 11.1. The molecule has 0 atom stereocenters. The minimum atomic E-state index is -0.515. The second kappa shape index (κ2) is 9.05. The Labute approximate surface area is 186 Å². The van der Waals surface area contributed by atoms with Gasteiger partial charge in [0.05, 0.1) is 39.0 Å². The number of hydrazone groups is 1. The summed E-state index contributed by atoms with van der Waals surface area (Å²) >= 11 is 24.6. The first-order valence-electron chi connectivity index (χ1n) is 8.10. The molecule has 6 nitrogen and oxygen atoms in total. The smallest absolute Gasteiger partial charge is 0.271 e. The van der Waals surface area contributed by atoms with E-state index >= 15 is 0 Å². The fourth-order valence-corrected chi connectivity index (χ4v) is 3.76. The monoisotopic (exact) mass is 471 g/mol. The van der Waals surface area contributed by atoms with E-state index in [1.165, 1.54) is 25.5 Å². The summed E-state index contributed by atoms with van der Waals surface area (Å²) in [5.41, 5.74) is 4.06. The fourth-order valence-electron chi connectivity index (χ4n) is 2.54. The first kappa shape index (κ1) is 21.5. The summed E-state index contributed by atoms with van der Waals surface area (Å²) in [6.45, 7) is 1.70. The Kier molecular flexibility index (Phi) is 6.70. The summed E-state index contributed by atoms with van der Waals surface area (Å²) < 4.78 is 10.3. The Bertz CT molecular complexity index is 1070. The van der Waals surface area contributed by atoms with Crippen LogP contribution in [0.3, 0.4) is 0 Å². The topological polar surface area (TPSA) is 76.7 Å². The van der Waals surface area contributed by atoms with Gasteiger partial charge in [0.25, 0.3) is 5.91 Å². The van der Waals surface area contributed by atoms with Crippen LogP contribution in [0.5, 0.6) is 5.75 Å². The van der Waals surface area contributed by atoms with Gasteiger partial charge in [-0.3, -0.25) is 4.79 Å². The van der Waals surface area contributed by atoms with Crippen LogP contribution in [-0.4, -0.2) is 24.4 Å². The van der Waals surface area contributed by atoms with Crippen molar-refractivity contribution in [3.8, 4) is 17.0 Å². The highest BCUT2D eigenvalue weighted by molar-refractivity contribution is 6.39. The van der Waals surface area contributed by atoms with Gasteiger partial charge in [0.2, 0.25) is 0 Å². The molecular formula is C19H13Cl4N3O3. The van der Waals surface area contributed by atoms with E-state index in [0.29, 0.717) is 32.6 Å². The molecule has 10 heteroatoms. The largest absolute Gasteiger partial charge is 0.494 e. The highest BCUT2D eigenvalue weighted by Gasteiger charge is 2.19. The third-order valence-electron chi connectivity index (χ3n) is 3.93. The second-order valence-electron chi connectivity index (χ2n) is 5.77. The molecule has 29 heavy (non-hydrogen) atoms. The predicted octanol–water partition coefficient (Wildman–Crippen LogP) is 6.04. The maximum Gasteiger partial charge on any atom is 0.271 e. The Balaban J connectivity index is 1.85. The van der Waals surface area contributed by atoms with Crippen molar-refractivity contribution in [3.63, 3.8) is 0 Å². The number of nitrogens with one attached hydrogen (secondary N) is 1. The Morgan fingerprint density at radius 2 is 1.76 bits per heavy atom. The van der Waals surface area contributed by atoms with E-state index in [2.05, 4.69) is 15.7 Å². The van der Waals surface area contributed by atoms with E-state index in [4.69, 9.17) is 55.7 Å². The van der Waals surface area contributed by atoms with Crippen molar-refractivity contribution >= 4 is 58.5 Å². The van der Waals surface area contributed by atoms with E-state index in [0.717, 1.165) is 0 Å². The van der Waals surface area contributed by atoms with Crippen molar-refractivity contribution < 1.29 is 14.1 Å². The number of nitrogens with zero attached hydrogens (tertiary/aromatic N) is 2. The number of hydrogen-bond donors (Lipinski definition) is 1. The highest BCUT2D eigenvalue weighted by atomic mass is 35.5. The van der Waals surface area contributed by atoms with Gasteiger partial charge in [-0.05, 0) is 31.2 Å². The van der Waals surface area contributed by atoms with Crippen LogP contribution in [0.25, 0.3) is 11.3 Å². The predicted molar refractivity (Wildman–Crippen MR) is 115 cm³/mol. The molecule has 3 aromatic rings. The molecule has 0 unspecified atom stereocenters. The van der Waals surface area contributed by atoms with Crippen LogP contribution in [-0.2, 0) is 0 Å². The van der Waals surface area contributed by atoms with Crippen molar-refractivity contribution in [2.24, 2.45) is 5.10 Å². The number of benzene rings is 2. The van der Waals surface area contributed by atoms with Gasteiger partial charge >= 0.3 is 0 Å². The SMILES string of the molecule is COc1c(Cl)cc(C(=O)N/N=C/c2c(-c3c(Cl)cccc3Cl)noc2C)cc1Cl. The average Bonchev–Trinajstić information content (AvgIpc) is 3.02. The van der Waals surface area contributed by atoms with E-state index in [1.54, 1.807) is 25.1 Å². The van der Waals surface area contributed by atoms with Gasteiger partial charge in [0.15, 0.2) is 5.75 Å². The zero-order valence-electron chi connectivity index (χ0n) is 15.1. The van der Waals surface area contributed by atoms with Gasteiger partial charge in [-0.1, -0.05) is 57.6 Å². The molecule has 1 N–H and O–H groups in total. The van der Waals surface area contributed by atoms with Crippen molar-refractivity contribution in [2.75, 3.05) is 7.11 Å². The number of aromatic nitrogens is 1. The molecule has 3 rings (SSSR count).